The molecule has 0 radical (unpaired) electrons. The topological polar surface area (TPSA) is 79.0 Å². The maximum absolute atomic E-state index is 10.5. The average Bonchev–Trinajstić information content (AvgIpc) is 3.19. The monoisotopic (exact) mass is 373 g/mol. The van der Waals surface area contributed by atoms with Gasteiger partial charge in [0.05, 0.1) is 19.4 Å². The molecule has 148 valence electrons. The molecule has 0 bridgehead atoms. The van der Waals surface area contributed by atoms with Gasteiger partial charge in [-0.15, -0.1) is 0 Å². The van der Waals surface area contributed by atoms with Crippen LogP contribution in [0.25, 0.3) is 0 Å². The summed E-state index contributed by atoms with van der Waals surface area (Å²) in [5, 5.41) is 16.9. The van der Waals surface area contributed by atoms with Crippen molar-refractivity contribution in [3.8, 4) is 5.75 Å². The van der Waals surface area contributed by atoms with E-state index in [1.54, 1.807) is 25.3 Å². The third-order valence-corrected chi connectivity index (χ3v) is 4.13. The van der Waals surface area contributed by atoms with Crippen LogP contribution >= 0.6 is 0 Å². The fourth-order valence-electron chi connectivity index (χ4n) is 2.66. The largest absolute Gasteiger partial charge is 0.491 e. The Kier molecular flexibility index (Phi) is 7.73. The molecule has 27 heavy (non-hydrogen) atoms. The molecule has 2 aromatic rings. The summed E-state index contributed by atoms with van der Waals surface area (Å²) in [5.74, 6) is 2.45. The van der Waals surface area contributed by atoms with Crippen molar-refractivity contribution in [3.05, 3.63) is 54.0 Å². The lowest BCUT2D eigenvalue weighted by Crippen LogP contribution is -2.40. The summed E-state index contributed by atoms with van der Waals surface area (Å²) in [4.78, 5) is 4.46. The molecule has 1 heterocycles. The van der Waals surface area contributed by atoms with Gasteiger partial charge in [0.25, 0.3) is 0 Å². The first-order valence-electron chi connectivity index (χ1n) is 9.44. The molecular formula is C21H31N3O3. The number of rotatable bonds is 9. The average molecular weight is 373 g/mol. The zero-order chi connectivity index (χ0) is 19.7. The second-order valence-electron chi connectivity index (χ2n) is 6.91. The molecule has 0 aliphatic rings. The number of hydrogen-bond donors (Lipinski definition) is 3. The van der Waals surface area contributed by atoms with Gasteiger partial charge < -0.3 is 24.9 Å². The lowest BCUT2D eigenvalue weighted by atomic mass is 10.0. The Morgan fingerprint density at radius 1 is 1.22 bits per heavy atom. The van der Waals surface area contributed by atoms with Crippen LogP contribution in [-0.4, -0.2) is 37.3 Å². The normalized spacial score (nSPS) is 14.1. The summed E-state index contributed by atoms with van der Waals surface area (Å²) >= 11 is 0. The van der Waals surface area contributed by atoms with Crippen LogP contribution in [0.15, 0.2) is 52.1 Å². The van der Waals surface area contributed by atoms with Crippen molar-refractivity contribution in [1.82, 2.24) is 10.6 Å². The van der Waals surface area contributed by atoms with Crippen LogP contribution in [0.5, 0.6) is 5.75 Å². The van der Waals surface area contributed by atoms with Crippen molar-refractivity contribution < 1.29 is 14.3 Å². The van der Waals surface area contributed by atoms with E-state index in [1.165, 1.54) is 5.56 Å². The minimum Gasteiger partial charge on any atom is -0.491 e. The number of nitrogens with zero attached hydrogens (tertiary/aromatic N) is 1. The highest BCUT2D eigenvalue weighted by Crippen LogP contribution is 2.25. The van der Waals surface area contributed by atoms with Gasteiger partial charge in [-0.3, -0.25) is 0 Å². The number of furan rings is 1. The predicted octanol–water partition coefficient (Wildman–Crippen LogP) is 3.24. The van der Waals surface area contributed by atoms with Crippen molar-refractivity contribution in [3.63, 3.8) is 0 Å². The maximum Gasteiger partial charge on any atom is 0.191 e. The number of hydrogen-bond acceptors (Lipinski definition) is 4. The first-order valence-corrected chi connectivity index (χ1v) is 9.44. The summed E-state index contributed by atoms with van der Waals surface area (Å²) in [6, 6.07) is 11.6. The van der Waals surface area contributed by atoms with E-state index in [2.05, 4.69) is 35.5 Å². The van der Waals surface area contributed by atoms with Crippen molar-refractivity contribution >= 4 is 5.96 Å². The molecule has 1 aromatic carbocycles. The van der Waals surface area contributed by atoms with E-state index < -0.39 is 5.60 Å². The Hall–Kier alpha value is -2.47. The van der Waals surface area contributed by atoms with Crippen molar-refractivity contribution in [2.45, 2.75) is 39.2 Å². The van der Waals surface area contributed by atoms with Crippen LogP contribution in [0.2, 0.25) is 0 Å². The molecule has 1 atom stereocenters. The number of para-hydroxylation sites is 1. The number of nitrogens with one attached hydrogen (secondary N) is 2. The number of ether oxygens (including phenoxy) is 1. The van der Waals surface area contributed by atoms with Crippen molar-refractivity contribution in [2.24, 2.45) is 4.99 Å². The van der Waals surface area contributed by atoms with E-state index in [0.29, 0.717) is 30.8 Å². The highest BCUT2D eigenvalue weighted by molar-refractivity contribution is 5.79. The first-order chi connectivity index (χ1) is 12.9. The Balaban J connectivity index is 1.87. The Labute approximate surface area is 161 Å². The standard InChI is InChI=1S/C21H31N3O3/c1-5-22-20(24-15-21(4,25)19-11-8-13-27-19)23-12-14-26-18-10-7-6-9-17(18)16(2)3/h6-11,13,16,25H,5,12,14-15H2,1-4H3,(H2,22,23,24). The van der Waals surface area contributed by atoms with Crippen LogP contribution < -0.4 is 15.4 Å². The Bertz CT molecular complexity index is 709. The number of aliphatic hydroxyl groups is 1. The van der Waals surface area contributed by atoms with E-state index in [0.717, 1.165) is 12.3 Å². The zero-order valence-corrected chi connectivity index (χ0v) is 16.7. The number of benzene rings is 1. The van der Waals surface area contributed by atoms with Gasteiger partial charge in [-0.1, -0.05) is 32.0 Å². The van der Waals surface area contributed by atoms with Crippen LogP contribution in [0.3, 0.4) is 0 Å². The molecular weight excluding hydrogens is 342 g/mol. The van der Waals surface area contributed by atoms with Gasteiger partial charge in [0, 0.05) is 6.54 Å². The Morgan fingerprint density at radius 2 is 2.00 bits per heavy atom. The zero-order valence-electron chi connectivity index (χ0n) is 16.7. The summed E-state index contributed by atoms with van der Waals surface area (Å²) < 4.78 is 11.2. The summed E-state index contributed by atoms with van der Waals surface area (Å²) in [6.07, 6.45) is 1.54. The lowest BCUT2D eigenvalue weighted by molar-refractivity contribution is 0.0437. The molecule has 1 aromatic heterocycles. The highest BCUT2D eigenvalue weighted by Gasteiger charge is 2.26. The summed E-state index contributed by atoms with van der Waals surface area (Å²) in [5.41, 5.74) is 0.0472. The molecule has 6 nitrogen and oxygen atoms in total. The van der Waals surface area contributed by atoms with E-state index in [9.17, 15) is 5.11 Å². The highest BCUT2D eigenvalue weighted by atomic mass is 16.5. The van der Waals surface area contributed by atoms with E-state index in [-0.39, 0.29) is 6.54 Å². The molecule has 0 saturated heterocycles. The lowest BCUT2D eigenvalue weighted by Gasteiger charge is -2.20. The van der Waals surface area contributed by atoms with E-state index in [1.807, 2.05) is 25.1 Å². The quantitative estimate of drug-likeness (QED) is 0.357. The molecule has 0 spiro atoms. The van der Waals surface area contributed by atoms with Gasteiger partial charge >= 0.3 is 0 Å². The fourth-order valence-corrected chi connectivity index (χ4v) is 2.66. The number of guanidine groups is 1. The third kappa shape index (κ3) is 6.32. The second kappa shape index (κ2) is 10.0. The van der Waals surface area contributed by atoms with Gasteiger partial charge in [-0.2, -0.15) is 0 Å². The summed E-state index contributed by atoms with van der Waals surface area (Å²) in [7, 11) is 0. The summed E-state index contributed by atoms with van der Waals surface area (Å²) in [6.45, 7) is 10.0. The third-order valence-electron chi connectivity index (χ3n) is 4.13. The molecule has 3 N–H and O–H groups in total. The molecule has 0 amide bonds. The Morgan fingerprint density at radius 3 is 2.67 bits per heavy atom. The molecule has 0 aliphatic heterocycles. The smallest absolute Gasteiger partial charge is 0.191 e. The van der Waals surface area contributed by atoms with Gasteiger partial charge in [0.15, 0.2) is 5.96 Å². The second-order valence-corrected chi connectivity index (χ2v) is 6.91. The van der Waals surface area contributed by atoms with Gasteiger partial charge in [-0.05, 0) is 43.5 Å². The van der Waals surface area contributed by atoms with Gasteiger partial charge in [0.1, 0.15) is 23.7 Å². The molecule has 6 heteroatoms. The molecule has 2 rings (SSSR count). The van der Waals surface area contributed by atoms with Gasteiger partial charge in [0.2, 0.25) is 0 Å². The maximum atomic E-state index is 10.5. The van der Waals surface area contributed by atoms with Crippen LogP contribution in [0.4, 0.5) is 0 Å². The molecule has 1 unspecified atom stereocenters. The predicted molar refractivity (Wildman–Crippen MR) is 108 cm³/mol. The van der Waals surface area contributed by atoms with Crippen LogP contribution in [-0.2, 0) is 5.60 Å². The first kappa shape index (κ1) is 20.8. The van der Waals surface area contributed by atoms with E-state index in [4.69, 9.17) is 9.15 Å². The van der Waals surface area contributed by atoms with Gasteiger partial charge in [-0.25, -0.2) is 4.99 Å². The van der Waals surface area contributed by atoms with E-state index >= 15 is 0 Å². The minimum absolute atomic E-state index is 0.187. The SMILES string of the molecule is CCNC(=NCC(C)(O)c1ccco1)NCCOc1ccccc1C(C)C. The molecule has 0 fully saturated rings. The number of aliphatic imine (C=N–C) groups is 1. The van der Waals surface area contributed by atoms with Crippen molar-refractivity contribution in [1.29, 1.82) is 0 Å². The fraction of sp³-hybridized carbons (Fsp3) is 0.476. The van der Waals surface area contributed by atoms with Crippen molar-refractivity contribution in [2.75, 3.05) is 26.2 Å². The van der Waals surface area contributed by atoms with Crippen LogP contribution in [0, 0.1) is 0 Å². The molecule has 0 aliphatic carbocycles. The molecule has 0 saturated carbocycles. The van der Waals surface area contributed by atoms with Crippen LogP contribution in [0.1, 0.15) is 44.9 Å². The minimum atomic E-state index is -1.15.